The van der Waals surface area contributed by atoms with E-state index in [4.69, 9.17) is 5.73 Å². The van der Waals surface area contributed by atoms with Crippen molar-refractivity contribution in [3.05, 3.63) is 57.0 Å². The molecule has 0 bridgehead atoms. The minimum atomic E-state index is 0.241. The molecule has 0 fully saturated rings. The molecule has 0 saturated carbocycles. The van der Waals surface area contributed by atoms with E-state index in [1.165, 1.54) is 15.4 Å². The van der Waals surface area contributed by atoms with E-state index in [2.05, 4.69) is 75.2 Å². The third kappa shape index (κ3) is 4.62. The van der Waals surface area contributed by atoms with Crippen molar-refractivity contribution in [1.29, 1.82) is 0 Å². The normalized spacial score (nSPS) is 12.4. The first-order valence-electron chi connectivity index (χ1n) is 6.56. The van der Waals surface area contributed by atoms with Crippen molar-refractivity contribution in [1.82, 2.24) is 0 Å². The lowest BCUT2D eigenvalue weighted by Gasteiger charge is -2.11. The van der Waals surface area contributed by atoms with Gasteiger partial charge in [0.15, 0.2) is 0 Å². The molecule has 0 aliphatic rings. The molecule has 4 heteroatoms. The molecular formula is C16H17Br2NS. The molecule has 106 valence electrons. The molecule has 0 aliphatic carbocycles. The third-order valence-corrected chi connectivity index (χ3v) is 5.52. The van der Waals surface area contributed by atoms with Crippen molar-refractivity contribution in [2.45, 2.75) is 35.6 Å². The standard InChI is InChI=1S/C16H17Br2NS/c1-2-13(19)8-11-6-7-16(15(18)9-11)20-14-5-3-4-12(17)10-14/h3-7,9-10,13H,2,8,19H2,1H3. The van der Waals surface area contributed by atoms with Gasteiger partial charge in [-0.2, -0.15) is 0 Å². The Morgan fingerprint density at radius 3 is 2.60 bits per heavy atom. The zero-order valence-corrected chi connectivity index (χ0v) is 15.3. The predicted octanol–water partition coefficient (Wildman–Crippen LogP) is 5.64. The van der Waals surface area contributed by atoms with Crippen LogP contribution in [-0.4, -0.2) is 6.04 Å². The van der Waals surface area contributed by atoms with Crippen LogP contribution < -0.4 is 5.73 Å². The highest BCUT2D eigenvalue weighted by molar-refractivity contribution is 9.10. The lowest BCUT2D eigenvalue weighted by molar-refractivity contribution is 0.646. The van der Waals surface area contributed by atoms with Crippen LogP contribution in [0.4, 0.5) is 0 Å². The van der Waals surface area contributed by atoms with Crippen LogP contribution in [0, 0.1) is 0 Å². The molecule has 2 N–H and O–H groups in total. The highest BCUT2D eigenvalue weighted by Gasteiger charge is 2.07. The van der Waals surface area contributed by atoms with Crippen LogP contribution in [-0.2, 0) is 6.42 Å². The van der Waals surface area contributed by atoms with E-state index >= 15 is 0 Å². The second-order valence-corrected chi connectivity index (χ2v) is 7.58. The molecular weight excluding hydrogens is 398 g/mol. The monoisotopic (exact) mass is 413 g/mol. The summed E-state index contributed by atoms with van der Waals surface area (Å²) in [5, 5.41) is 0. The molecule has 2 rings (SSSR count). The van der Waals surface area contributed by atoms with E-state index in [0.717, 1.165) is 21.8 Å². The van der Waals surface area contributed by atoms with Crippen LogP contribution in [0.2, 0.25) is 0 Å². The molecule has 1 nitrogen and oxygen atoms in total. The van der Waals surface area contributed by atoms with Gasteiger partial charge in [-0.15, -0.1) is 0 Å². The fourth-order valence-electron chi connectivity index (χ4n) is 1.86. The molecule has 0 amide bonds. The summed E-state index contributed by atoms with van der Waals surface area (Å²) in [6.07, 6.45) is 1.93. The molecule has 0 heterocycles. The molecule has 0 aromatic heterocycles. The Kier molecular flexibility index (Phi) is 6.15. The van der Waals surface area contributed by atoms with E-state index < -0.39 is 0 Å². The van der Waals surface area contributed by atoms with Crippen LogP contribution >= 0.6 is 43.6 Å². The average Bonchev–Trinajstić information content (AvgIpc) is 2.42. The van der Waals surface area contributed by atoms with Crippen molar-refractivity contribution in [3.63, 3.8) is 0 Å². The molecule has 0 spiro atoms. The first-order chi connectivity index (χ1) is 9.58. The largest absolute Gasteiger partial charge is 0.327 e. The van der Waals surface area contributed by atoms with Gasteiger partial charge in [-0.25, -0.2) is 0 Å². The average molecular weight is 415 g/mol. The van der Waals surface area contributed by atoms with Crippen LogP contribution in [0.3, 0.4) is 0 Å². The maximum absolute atomic E-state index is 6.01. The Bertz CT molecular complexity index is 586. The molecule has 2 aromatic rings. The van der Waals surface area contributed by atoms with E-state index in [1.807, 2.05) is 6.07 Å². The maximum Gasteiger partial charge on any atom is 0.0317 e. The van der Waals surface area contributed by atoms with Gasteiger partial charge in [0, 0.05) is 24.8 Å². The van der Waals surface area contributed by atoms with E-state index in [9.17, 15) is 0 Å². The summed E-state index contributed by atoms with van der Waals surface area (Å²) < 4.78 is 2.23. The zero-order chi connectivity index (χ0) is 14.5. The van der Waals surface area contributed by atoms with Gasteiger partial charge in [-0.05, 0) is 64.7 Å². The summed E-state index contributed by atoms with van der Waals surface area (Å²) in [6, 6.07) is 15.1. The minimum absolute atomic E-state index is 0.241. The molecule has 1 unspecified atom stereocenters. The topological polar surface area (TPSA) is 26.0 Å². The fourth-order valence-corrected chi connectivity index (χ4v) is 3.96. The molecule has 1 atom stereocenters. The minimum Gasteiger partial charge on any atom is -0.327 e. The second kappa shape index (κ2) is 7.64. The number of nitrogens with two attached hydrogens (primary N) is 1. The molecule has 0 aliphatic heterocycles. The first kappa shape index (κ1) is 16.1. The van der Waals surface area contributed by atoms with E-state index in [1.54, 1.807) is 11.8 Å². The Hall–Kier alpha value is -0.290. The Labute approximate surface area is 141 Å². The summed E-state index contributed by atoms with van der Waals surface area (Å²) in [7, 11) is 0. The quantitative estimate of drug-likeness (QED) is 0.684. The molecule has 2 aromatic carbocycles. The number of benzene rings is 2. The Morgan fingerprint density at radius 1 is 1.15 bits per heavy atom. The third-order valence-electron chi connectivity index (χ3n) is 3.04. The first-order valence-corrected chi connectivity index (χ1v) is 8.96. The summed E-state index contributed by atoms with van der Waals surface area (Å²) in [5.41, 5.74) is 7.29. The summed E-state index contributed by atoms with van der Waals surface area (Å²) in [5.74, 6) is 0. The van der Waals surface area contributed by atoms with Crippen molar-refractivity contribution in [2.24, 2.45) is 5.73 Å². The highest BCUT2D eigenvalue weighted by Crippen LogP contribution is 2.35. The van der Waals surface area contributed by atoms with E-state index in [0.29, 0.717) is 0 Å². The number of rotatable bonds is 5. The maximum atomic E-state index is 6.01. The zero-order valence-electron chi connectivity index (χ0n) is 11.3. The smallest absolute Gasteiger partial charge is 0.0317 e. The fraction of sp³-hybridized carbons (Fsp3) is 0.250. The van der Waals surface area contributed by atoms with Gasteiger partial charge in [0.05, 0.1) is 0 Å². The molecule has 0 radical (unpaired) electrons. The Balaban J connectivity index is 2.13. The molecule has 20 heavy (non-hydrogen) atoms. The van der Waals surface area contributed by atoms with Gasteiger partial charge in [0.25, 0.3) is 0 Å². The van der Waals surface area contributed by atoms with Gasteiger partial charge >= 0.3 is 0 Å². The predicted molar refractivity (Wildman–Crippen MR) is 94.4 cm³/mol. The van der Waals surface area contributed by atoms with Gasteiger partial charge in [0.1, 0.15) is 0 Å². The van der Waals surface area contributed by atoms with Gasteiger partial charge < -0.3 is 5.73 Å². The van der Waals surface area contributed by atoms with Crippen molar-refractivity contribution in [2.75, 3.05) is 0 Å². The van der Waals surface area contributed by atoms with Crippen molar-refractivity contribution in [3.8, 4) is 0 Å². The summed E-state index contributed by atoms with van der Waals surface area (Å²) >= 11 is 8.92. The van der Waals surface area contributed by atoms with Crippen molar-refractivity contribution < 1.29 is 0 Å². The number of hydrogen-bond acceptors (Lipinski definition) is 2. The second-order valence-electron chi connectivity index (χ2n) is 4.70. The summed E-state index contributed by atoms with van der Waals surface area (Å²) in [4.78, 5) is 2.44. The van der Waals surface area contributed by atoms with E-state index in [-0.39, 0.29) is 6.04 Å². The molecule has 0 saturated heterocycles. The Morgan fingerprint density at radius 2 is 1.95 bits per heavy atom. The van der Waals surface area contributed by atoms with Gasteiger partial charge in [-0.3, -0.25) is 0 Å². The van der Waals surface area contributed by atoms with Crippen LogP contribution in [0.15, 0.2) is 61.2 Å². The van der Waals surface area contributed by atoms with Gasteiger partial charge in [-0.1, -0.05) is 46.7 Å². The number of hydrogen-bond donors (Lipinski definition) is 1. The highest BCUT2D eigenvalue weighted by atomic mass is 79.9. The van der Waals surface area contributed by atoms with Crippen LogP contribution in [0.5, 0.6) is 0 Å². The summed E-state index contributed by atoms with van der Waals surface area (Å²) in [6.45, 7) is 2.12. The SMILES string of the molecule is CCC(N)Cc1ccc(Sc2cccc(Br)c2)c(Br)c1. The lowest BCUT2D eigenvalue weighted by Crippen LogP contribution is -2.21. The van der Waals surface area contributed by atoms with Crippen LogP contribution in [0.25, 0.3) is 0 Å². The van der Waals surface area contributed by atoms with Crippen LogP contribution in [0.1, 0.15) is 18.9 Å². The van der Waals surface area contributed by atoms with Crippen molar-refractivity contribution >= 4 is 43.6 Å². The van der Waals surface area contributed by atoms with Gasteiger partial charge in [0.2, 0.25) is 0 Å². The number of halogens is 2. The lowest BCUT2D eigenvalue weighted by atomic mass is 10.1.